The van der Waals surface area contributed by atoms with E-state index in [0.717, 1.165) is 29.8 Å². The van der Waals surface area contributed by atoms with Gasteiger partial charge in [-0.2, -0.15) is 0 Å². The zero-order valence-electron chi connectivity index (χ0n) is 20.6. The highest BCUT2D eigenvalue weighted by molar-refractivity contribution is 5.95. The molecule has 2 N–H and O–H groups in total. The number of carbonyl (C=O) groups excluding carboxylic acids is 2. The summed E-state index contributed by atoms with van der Waals surface area (Å²) in [5.74, 6) is -1.91. The number of hydrogen-bond acceptors (Lipinski definition) is 4. The number of amides is 2. The third-order valence-corrected chi connectivity index (χ3v) is 6.84. The number of allylic oxidation sites excluding steroid dienone is 4. The predicted octanol–water partition coefficient (Wildman–Crippen LogP) is 3.87. The summed E-state index contributed by atoms with van der Waals surface area (Å²) in [5, 5.41) is 6.40. The molecular weight excluding hydrogens is 450 g/mol. The number of benzene rings is 1. The van der Waals surface area contributed by atoms with Crippen molar-refractivity contribution in [3.05, 3.63) is 81.7 Å². The Labute approximate surface area is 205 Å². The van der Waals surface area contributed by atoms with Crippen molar-refractivity contribution < 1.29 is 18.4 Å². The van der Waals surface area contributed by atoms with Gasteiger partial charge in [-0.05, 0) is 55.9 Å². The first kappa shape index (κ1) is 24.7. The molecule has 0 saturated heterocycles. The maximum atomic E-state index is 14.2. The molecule has 4 rings (SSSR count). The van der Waals surface area contributed by atoms with E-state index in [2.05, 4.69) is 16.7 Å². The molecule has 186 valence electrons. The van der Waals surface area contributed by atoms with Crippen molar-refractivity contribution in [1.82, 2.24) is 20.4 Å². The van der Waals surface area contributed by atoms with E-state index in [0.29, 0.717) is 29.5 Å². The molecule has 3 aliphatic rings. The summed E-state index contributed by atoms with van der Waals surface area (Å²) in [6, 6.07) is 2.86. The molecule has 2 aliphatic heterocycles. The Morgan fingerprint density at radius 2 is 1.97 bits per heavy atom. The molecule has 0 fully saturated rings. The first-order valence-corrected chi connectivity index (χ1v) is 12.0. The van der Waals surface area contributed by atoms with Gasteiger partial charge in [-0.15, -0.1) is 0 Å². The zero-order valence-corrected chi connectivity index (χ0v) is 20.6. The Balaban J connectivity index is 1.56. The quantitative estimate of drug-likeness (QED) is 0.646. The lowest BCUT2D eigenvalue weighted by atomic mass is 9.85. The maximum Gasteiger partial charge on any atom is 0.251 e. The number of nitrogens with one attached hydrogen (secondary N) is 2. The molecule has 0 spiro atoms. The third kappa shape index (κ3) is 5.16. The lowest BCUT2D eigenvalue weighted by molar-refractivity contribution is -0.126. The molecule has 2 amide bonds. The fraction of sp³-hybridized carbons (Fsp3) is 0.407. The largest absolute Gasteiger partial charge is 0.351 e. The zero-order chi connectivity index (χ0) is 25.3. The molecule has 2 heterocycles. The van der Waals surface area contributed by atoms with Gasteiger partial charge in [-0.1, -0.05) is 31.2 Å². The summed E-state index contributed by atoms with van der Waals surface area (Å²) < 4.78 is 28.2. The van der Waals surface area contributed by atoms with Gasteiger partial charge in [0.1, 0.15) is 0 Å². The lowest BCUT2D eigenvalue weighted by Crippen LogP contribution is -2.57. The number of aryl methyl sites for hydroxylation is 1. The van der Waals surface area contributed by atoms with E-state index in [9.17, 15) is 18.4 Å². The van der Waals surface area contributed by atoms with Crippen LogP contribution < -0.4 is 10.6 Å². The molecule has 35 heavy (non-hydrogen) atoms. The highest BCUT2D eigenvalue weighted by Gasteiger charge is 2.30. The smallest absolute Gasteiger partial charge is 0.251 e. The van der Waals surface area contributed by atoms with Crippen molar-refractivity contribution in [2.75, 3.05) is 13.6 Å². The van der Waals surface area contributed by atoms with Crippen molar-refractivity contribution in [3.8, 4) is 0 Å². The molecule has 0 saturated carbocycles. The topological polar surface area (TPSA) is 64.7 Å². The molecule has 0 aromatic heterocycles. The minimum absolute atomic E-state index is 0.0426. The fourth-order valence-corrected chi connectivity index (χ4v) is 4.72. The van der Waals surface area contributed by atoms with Gasteiger partial charge in [0.25, 0.3) is 5.91 Å². The Hall–Kier alpha value is -3.42. The van der Waals surface area contributed by atoms with Crippen LogP contribution in [0.4, 0.5) is 8.78 Å². The first-order chi connectivity index (χ1) is 16.7. The second-order valence-corrected chi connectivity index (χ2v) is 9.42. The minimum Gasteiger partial charge on any atom is -0.351 e. The van der Waals surface area contributed by atoms with Crippen molar-refractivity contribution in [2.24, 2.45) is 5.92 Å². The van der Waals surface area contributed by atoms with Crippen LogP contribution >= 0.6 is 0 Å². The molecule has 2 atom stereocenters. The van der Waals surface area contributed by atoms with Crippen LogP contribution in [0.25, 0.3) is 0 Å². The van der Waals surface area contributed by atoms with Crippen LogP contribution in [0, 0.1) is 17.6 Å². The molecule has 6 nitrogen and oxygen atoms in total. The van der Waals surface area contributed by atoms with Gasteiger partial charge in [0.15, 0.2) is 17.9 Å². The van der Waals surface area contributed by atoms with E-state index < -0.39 is 17.9 Å². The Kier molecular flexibility index (Phi) is 7.10. The molecular formula is C27H32F2N4O2. The lowest BCUT2D eigenvalue weighted by Gasteiger charge is -2.38. The van der Waals surface area contributed by atoms with Crippen molar-refractivity contribution in [3.63, 3.8) is 0 Å². The number of likely N-dealkylation sites (N-methyl/N-ethyl adjacent to an activating group) is 1. The fourth-order valence-electron chi connectivity index (χ4n) is 4.72. The Morgan fingerprint density at radius 3 is 2.71 bits per heavy atom. The van der Waals surface area contributed by atoms with E-state index in [1.807, 2.05) is 31.0 Å². The summed E-state index contributed by atoms with van der Waals surface area (Å²) in [5.41, 5.74) is 4.17. The first-order valence-electron chi connectivity index (χ1n) is 12.0. The van der Waals surface area contributed by atoms with Gasteiger partial charge in [0, 0.05) is 49.1 Å². The number of hydrogen-bond donors (Lipinski definition) is 2. The van der Waals surface area contributed by atoms with Crippen molar-refractivity contribution >= 4 is 11.8 Å². The van der Waals surface area contributed by atoms with E-state index in [4.69, 9.17) is 0 Å². The predicted molar refractivity (Wildman–Crippen MR) is 130 cm³/mol. The van der Waals surface area contributed by atoms with E-state index in [1.165, 1.54) is 6.07 Å². The molecule has 0 radical (unpaired) electrons. The van der Waals surface area contributed by atoms with Gasteiger partial charge in [0.05, 0.1) is 0 Å². The SMILES string of the molecule is CCc1cc(CN2C=C(C)C(=O)NC2NC2=C(C)C=CC(C3=CCCN(C)C3=O)C2)cc(F)c1F. The van der Waals surface area contributed by atoms with Gasteiger partial charge in [0.2, 0.25) is 5.91 Å². The summed E-state index contributed by atoms with van der Waals surface area (Å²) in [7, 11) is 1.81. The van der Waals surface area contributed by atoms with Gasteiger partial charge < -0.3 is 20.4 Å². The Bertz CT molecular complexity index is 1170. The molecule has 1 aromatic rings. The summed E-state index contributed by atoms with van der Waals surface area (Å²) in [4.78, 5) is 28.8. The minimum atomic E-state index is -0.875. The van der Waals surface area contributed by atoms with Crippen LogP contribution in [0.1, 0.15) is 44.7 Å². The van der Waals surface area contributed by atoms with Crippen LogP contribution in [0.3, 0.4) is 0 Å². The second-order valence-electron chi connectivity index (χ2n) is 9.42. The van der Waals surface area contributed by atoms with Crippen LogP contribution in [-0.4, -0.2) is 41.5 Å². The number of rotatable bonds is 6. The number of carbonyl (C=O) groups is 2. The molecule has 1 aromatic carbocycles. The maximum absolute atomic E-state index is 14.2. The highest BCUT2D eigenvalue weighted by atomic mass is 19.2. The summed E-state index contributed by atoms with van der Waals surface area (Å²) in [6.45, 7) is 6.47. The molecule has 2 unspecified atom stereocenters. The highest BCUT2D eigenvalue weighted by Crippen LogP contribution is 2.31. The average Bonchev–Trinajstić information content (AvgIpc) is 2.82. The van der Waals surface area contributed by atoms with E-state index in [1.54, 1.807) is 31.0 Å². The van der Waals surface area contributed by atoms with Crippen molar-refractivity contribution in [1.29, 1.82) is 0 Å². The van der Waals surface area contributed by atoms with Crippen LogP contribution in [0.5, 0.6) is 0 Å². The van der Waals surface area contributed by atoms with Gasteiger partial charge in [-0.3, -0.25) is 9.59 Å². The van der Waals surface area contributed by atoms with Crippen LogP contribution in [0.15, 0.2) is 59.0 Å². The number of halogens is 2. The van der Waals surface area contributed by atoms with Crippen molar-refractivity contribution in [2.45, 2.75) is 52.9 Å². The normalized spacial score (nSPS) is 22.8. The van der Waals surface area contributed by atoms with Crippen LogP contribution in [-0.2, 0) is 22.6 Å². The van der Waals surface area contributed by atoms with Gasteiger partial charge >= 0.3 is 0 Å². The third-order valence-electron chi connectivity index (χ3n) is 6.84. The number of nitrogens with zero attached hydrogens (tertiary/aromatic N) is 2. The summed E-state index contributed by atoms with van der Waals surface area (Å²) in [6.07, 6.45) is 9.03. The van der Waals surface area contributed by atoms with Gasteiger partial charge in [-0.25, -0.2) is 8.78 Å². The van der Waals surface area contributed by atoms with E-state index >= 15 is 0 Å². The van der Waals surface area contributed by atoms with E-state index in [-0.39, 0.29) is 24.3 Å². The molecule has 1 aliphatic carbocycles. The second kappa shape index (κ2) is 10.1. The average molecular weight is 483 g/mol. The molecule has 0 bridgehead atoms. The Morgan fingerprint density at radius 1 is 1.20 bits per heavy atom. The van der Waals surface area contributed by atoms with Crippen LogP contribution in [0.2, 0.25) is 0 Å². The summed E-state index contributed by atoms with van der Waals surface area (Å²) >= 11 is 0. The molecule has 8 heteroatoms. The standard InChI is InChI=1S/C27H32F2N4O2/c1-5-19-11-18(12-22(28)24(19)29)15-33-14-17(3)25(34)31-27(33)30-23-13-20(9-8-16(23)2)21-7-6-10-32(4)26(21)35/h7-9,11-12,14,20,27,30H,5-6,10,13,15H2,1-4H3,(H,31,34). The monoisotopic (exact) mass is 482 g/mol.